The number of hydrogen-bond donors (Lipinski definition) is 1. The Labute approximate surface area is 99.9 Å². The first-order valence-corrected chi connectivity index (χ1v) is 5.83. The molecule has 3 rings (SSSR count). The van der Waals surface area contributed by atoms with Gasteiger partial charge in [-0.3, -0.25) is 4.79 Å². The van der Waals surface area contributed by atoms with E-state index in [9.17, 15) is 4.79 Å². The van der Waals surface area contributed by atoms with E-state index in [0.717, 1.165) is 35.4 Å². The first-order valence-electron chi connectivity index (χ1n) is 5.83. The standard InChI is InChI=1S/C13H15NO3/c1-7-5-8-6-11(16-2)17-13(8)9-3-4-10(15)14-12(7)9/h5,11H,3-4,6H2,1-2H3,(H,14,15). The normalized spacial score (nSPS) is 21.5. The molecule has 17 heavy (non-hydrogen) atoms. The van der Waals surface area contributed by atoms with Crippen molar-refractivity contribution >= 4 is 11.6 Å². The van der Waals surface area contributed by atoms with Crippen molar-refractivity contribution in [1.29, 1.82) is 0 Å². The van der Waals surface area contributed by atoms with Crippen molar-refractivity contribution in [2.75, 3.05) is 12.4 Å². The van der Waals surface area contributed by atoms with Crippen LogP contribution >= 0.6 is 0 Å². The molecule has 90 valence electrons. The monoisotopic (exact) mass is 233 g/mol. The second kappa shape index (κ2) is 3.74. The van der Waals surface area contributed by atoms with Crippen LogP contribution in [-0.2, 0) is 22.4 Å². The maximum absolute atomic E-state index is 11.4. The number of carbonyl (C=O) groups is 1. The quantitative estimate of drug-likeness (QED) is 0.804. The summed E-state index contributed by atoms with van der Waals surface area (Å²) in [7, 11) is 1.65. The van der Waals surface area contributed by atoms with Crippen LogP contribution in [0.5, 0.6) is 5.75 Å². The molecule has 4 nitrogen and oxygen atoms in total. The van der Waals surface area contributed by atoms with Crippen LogP contribution in [0.3, 0.4) is 0 Å². The number of ether oxygens (including phenoxy) is 2. The Balaban J connectivity index is 2.09. The number of benzene rings is 1. The van der Waals surface area contributed by atoms with Crippen molar-refractivity contribution in [2.24, 2.45) is 0 Å². The van der Waals surface area contributed by atoms with Gasteiger partial charge in [0.05, 0.1) is 5.69 Å². The zero-order chi connectivity index (χ0) is 12.0. The molecule has 1 unspecified atom stereocenters. The smallest absolute Gasteiger partial charge is 0.224 e. The number of aryl methyl sites for hydroxylation is 1. The van der Waals surface area contributed by atoms with Crippen LogP contribution in [0.1, 0.15) is 23.1 Å². The Morgan fingerprint density at radius 2 is 2.29 bits per heavy atom. The number of fused-ring (bicyclic) bond motifs is 3. The van der Waals surface area contributed by atoms with E-state index in [4.69, 9.17) is 9.47 Å². The summed E-state index contributed by atoms with van der Waals surface area (Å²) in [6.07, 6.45) is 1.88. The van der Waals surface area contributed by atoms with Gasteiger partial charge in [-0.25, -0.2) is 0 Å². The second-order valence-corrected chi connectivity index (χ2v) is 4.57. The highest BCUT2D eigenvalue weighted by Gasteiger charge is 2.30. The summed E-state index contributed by atoms with van der Waals surface area (Å²) in [5, 5.41) is 2.93. The average Bonchev–Trinajstić information content (AvgIpc) is 2.72. The van der Waals surface area contributed by atoms with Gasteiger partial charge in [0, 0.05) is 31.1 Å². The molecule has 1 aromatic rings. The van der Waals surface area contributed by atoms with Crippen molar-refractivity contribution in [2.45, 2.75) is 32.5 Å². The minimum atomic E-state index is -0.187. The summed E-state index contributed by atoms with van der Waals surface area (Å²) in [5.41, 5.74) is 4.34. The van der Waals surface area contributed by atoms with Gasteiger partial charge in [0.1, 0.15) is 5.75 Å². The maximum Gasteiger partial charge on any atom is 0.224 e. The minimum absolute atomic E-state index is 0.0850. The van der Waals surface area contributed by atoms with Gasteiger partial charge in [0.2, 0.25) is 12.2 Å². The third-order valence-corrected chi connectivity index (χ3v) is 3.42. The fraction of sp³-hybridized carbons (Fsp3) is 0.462. The van der Waals surface area contributed by atoms with Gasteiger partial charge in [-0.1, -0.05) is 6.07 Å². The molecule has 0 aromatic heterocycles. The van der Waals surface area contributed by atoms with Crippen LogP contribution in [0.15, 0.2) is 6.07 Å². The molecule has 0 bridgehead atoms. The number of carbonyl (C=O) groups excluding carboxylic acids is 1. The van der Waals surface area contributed by atoms with Crippen molar-refractivity contribution in [3.63, 3.8) is 0 Å². The topological polar surface area (TPSA) is 47.6 Å². The summed E-state index contributed by atoms with van der Waals surface area (Å²) in [4.78, 5) is 11.4. The summed E-state index contributed by atoms with van der Waals surface area (Å²) in [5.74, 6) is 0.999. The van der Waals surface area contributed by atoms with Gasteiger partial charge < -0.3 is 14.8 Å². The first kappa shape index (κ1) is 10.6. The molecule has 2 heterocycles. The van der Waals surface area contributed by atoms with Crippen LogP contribution in [0.25, 0.3) is 0 Å². The highest BCUT2D eigenvalue weighted by atomic mass is 16.7. The Morgan fingerprint density at radius 1 is 1.47 bits per heavy atom. The van der Waals surface area contributed by atoms with E-state index in [-0.39, 0.29) is 12.2 Å². The van der Waals surface area contributed by atoms with Crippen molar-refractivity contribution in [1.82, 2.24) is 0 Å². The molecule has 0 spiro atoms. The van der Waals surface area contributed by atoms with Crippen molar-refractivity contribution in [3.05, 3.63) is 22.8 Å². The Hall–Kier alpha value is -1.55. The van der Waals surface area contributed by atoms with E-state index >= 15 is 0 Å². The third kappa shape index (κ3) is 1.60. The van der Waals surface area contributed by atoms with Gasteiger partial charge in [-0.2, -0.15) is 0 Å². The molecular weight excluding hydrogens is 218 g/mol. The molecule has 1 atom stereocenters. The second-order valence-electron chi connectivity index (χ2n) is 4.57. The number of amides is 1. The van der Waals surface area contributed by atoms with Crippen molar-refractivity contribution < 1.29 is 14.3 Å². The molecule has 2 aliphatic heterocycles. The summed E-state index contributed by atoms with van der Waals surface area (Å²) in [6.45, 7) is 2.02. The van der Waals surface area contributed by atoms with Gasteiger partial charge in [-0.15, -0.1) is 0 Å². The summed E-state index contributed by atoms with van der Waals surface area (Å²) >= 11 is 0. The fourth-order valence-corrected chi connectivity index (χ4v) is 2.58. The SMILES string of the molecule is COC1Cc2cc(C)c3c(c2O1)CCC(=O)N3. The van der Waals surface area contributed by atoms with E-state index in [2.05, 4.69) is 11.4 Å². The predicted molar refractivity (Wildman–Crippen MR) is 63.3 cm³/mol. The minimum Gasteiger partial charge on any atom is -0.464 e. The van der Waals surface area contributed by atoms with E-state index in [1.165, 1.54) is 5.56 Å². The number of nitrogens with one attached hydrogen (secondary N) is 1. The van der Waals surface area contributed by atoms with Crippen LogP contribution in [-0.4, -0.2) is 19.3 Å². The van der Waals surface area contributed by atoms with E-state index in [1.54, 1.807) is 7.11 Å². The molecular formula is C13H15NO3. The number of anilines is 1. The summed E-state index contributed by atoms with van der Waals surface area (Å²) < 4.78 is 11.0. The lowest BCUT2D eigenvalue weighted by molar-refractivity contribution is -0.116. The lowest BCUT2D eigenvalue weighted by atomic mass is 9.95. The largest absolute Gasteiger partial charge is 0.464 e. The fourth-order valence-electron chi connectivity index (χ4n) is 2.58. The first-order chi connectivity index (χ1) is 8.19. The van der Waals surface area contributed by atoms with Crippen LogP contribution in [0.2, 0.25) is 0 Å². The highest BCUT2D eigenvalue weighted by molar-refractivity contribution is 5.95. The Morgan fingerprint density at radius 3 is 3.06 bits per heavy atom. The van der Waals surface area contributed by atoms with Gasteiger partial charge in [-0.05, 0) is 18.9 Å². The van der Waals surface area contributed by atoms with Crippen molar-refractivity contribution in [3.8, 4) is 5.75 Å². The molecule has 0 aliphatic carbocycles. The zero-order valence-electron chi connectivity index (χ0n) is 10.0. The van der Waals surface area contributed by atoms with Gasteiger partial charge in [0.15, 0.2) is 0 Å². The average molecular weight is 233 g/mol. The molecule has 0 radical (unpaired) electrons. The predicted octanol–water partition coefficient (Wildman–Crippen LogP) is 1.79. The Bertz CT molecular complexity index is 496. The lowest BCUT2D eigenvalue weighted by Gasteiger charge is -2.21. The van der Waals surface area contributed by atoms with Gasteiger partial charge >= 0.3 is 0 Å². The van der Waals surface area contributed by atoms with Crippen LogP contribution in [0.4, 0.5) is 5.69 Å². The van der Waals surface area contributed by atoms with E-state index < -0.39 is 0 Å². The molecule has 1 aromatic carbocycles. The Kier molecular flexibility index (Phi) is 2.33. The molecule has 1 N–H and O–H groups in total. The molecule has 0 saturated carbocycles. The molecule has 0 fully saturated rings. The number of hydrogen-bond acceptors (Lipinski definition) is 3. The van der Waals surface area contributed by atoms with E-state index in [0.29, 0.717) is 6.42 Å². The molecule has 0 saturated heterocycles. The number of methoxy groups -OCH3 is 1. The lowest BCUT2D eigenvalue weighted by Crippen LogP contribution is -2.21. The molecule has 2 aliphatic rings. The molecule has 1 amide bonds. The maximum atomic E-state index is 11.4. The highest BCUT2D eigenvalue weighted by Crippen LogP contribution is 2.41. The molecule has 4 heteroatoms. The third-order valence-electron chi connectivity index (χ3n) is 3.42. The van der Waals surface area contributed by atoms with E-state index in [1.807, 2.05) is 6.92 Å². The number of rotatable bonds is 1. The van der Waals surface area contributed by atoms with Gasteiger partial charge in [0.25, 0.3) is 0 Å². The van der Waals surface area contributed by atoms with Crippen LogP contribution in [0, 0.1) is 6.92 Å². The summed E-state index contributed by atoms with van der Waals surface area (Å²) in [6, 6.07) is 2.08. The zero-order valence-corrected chi connectivity index (χ0v) is 10.0. The van der Waals surface area contributed by atoms with Crippen LogP contribution < -0.4 is 10.1 Å².